The van der Waals surface area contributed by atoms with Gasteiger partial charge in [-0.15, -0.1) is 0 Å². The highest BCUT2D eigenvalue weighted by molar-refractivity contribution is 5.94. The van der Waals surface area contributed by atoms with Gasteiger partial charge in [0.05, 0.1) is 12.2 Å². The lowest BCUT2D eigenvalue weighted by molar-refractivity contribution is 0.0466. The number of hydrogen-bond acceptors (Lipinski definition) is 3. The van der Waals surface area contributed by atoms with E-state index in [1.807, 2.05) is 36.1 Å². The Kier molecular flexibility index (Phi) is 5.21. The Balaban J connectivity index is 1.60. The van der Waals surface area contributed by atoms with Gasteiger partial charge in [-0.3, -0.25) is 4.79 Å². The number of aliphatic hydroxyl groups excluding tert-OH is 1. The van der Waals surface area contributed by atoms with E-state index < -0.39 is 0 Å². The molecule has 2 fully saturated rings. The highest BCUT2D eigenvalue weighted by Gasteiger charge is 2.27. The van der Waals surface area contributed by atoms with E-state index >= 15 is 0 Å². The van der Waals surface area contributed by atoms with Crippen molar-refractivity contribution in [1.82, 2.24) is 4.90 Å². The van der Waals surface area contributed by atoms with Crippen LogP contribution in [0.1, 0.15) is 55.8 Å². The number of carbonyl (C=O) groups is 1. The maximum Gasteiger partial charge on any atom is 0.253 e. The van der Waals surface area contributed by atoms with Crippen LogP contribution in [-0.4, -0.2) is 41.2 Å². The molecule has 1 aromatic carbocycles. The number of nitrogens with zero attached hydrogens (tertiary/aromatic N) is 1. The minimum absolute atomic E-state index is 0.0581. The van der Waals surface area contributed by atoms with Gasteiger partial charge in [-0.1, -0.05) is 0 Å². The summed E-state index contributed by atoms with van der Waals surface area (Å²) in [6, 6.07) is 7.53. The summed E-state index contributed by atoms with van der Waals surface area (Å²) in [6.07, 6.45) is 6.71. The molecule has 1 aliphatic carbocycles. The summed E-state index contributed by atoms with van der Waals surface area (Å²) in [5, 5.41) is 9.76. The first-order valence-corrected chi connectivity index (χ1v) is 8.87. The molecule has 1 N–H and O–H groups in total. The first-order chi connectivity index (χ1) is 11.1. The Morgan fingerprint density at radius 2 is 1.87 bits per heavy atom. The Hall–Kier alpha value is -1.55. The van der Waals surface area contributed by atoms with Crippen LogP contribution < -0.4 is 4.74 Å². The van der Waals surface area contributed by atoms with E-state index in [1.54, 1.807) is 0 Å². The van der Waals surface area contributed by atoms with Gasteiger partial charge in [-0.2, -0.15) is 0 Å². The lowest BCUT2D eigenvalue weighted by Gasteiger charge is -2.34. The summed E-state index contributed by atoms with van der Waals surface area (Å²) < 4.78 is 5.95. The molecule has 0 bridgehead atoms. The molecule has 1 amide bonds. The molecule has 23 heavy (non-hydrogen) atoms. The van der Waals surface area contributed by atoms with Crippen LogP contribution in [0.5, 0.6) is 5.75 Å². The zero-order valence-electron chi connectivity index (χ0n) is 13.9. The summed E-state index contributed by atoms with van der Waals surface area (Å²) in [5.74, 6) is 1.11. The minimum Gasteiger partial charge on any atom is -0.490 e. The predicted octanol–water partition coefficient (Wildman–Crippen LogP) is 3.24. The third-order valence-electron chi connectivity index (χ3n) is 5.13. The smallest absolute Gasteiger partial charge is 0.253 e. The second kappa shape index (κ2) is 7.35. The monoisotopic (exact) mass is 317 g/mol. The molecule has 0 radical (unpaired) electrons. The Morgan fingerprint density at radius 3 is 2.52 bits per heavy atom. The number of benzene rings is 1. The normalized spacial score (nSPS) is 23.7. The average Bonchev–Trinajstić information content (AvgIpc) is 3.08. The van der Waals surface area contributed by atoms with Crippen molar-refractivity contribution in [2.45, 2.75) is 57.7 Å². The van der Waals surface area contributed by atoms with Crippen LogP contribution in [0.2, 0.25) is 0 Å². The van der Waals surface area contributed by atoms with Crippen molar-refractivity contribution in [1.29, 1.82) is 0 Å². The van der Waals surface area contributed by atoms with E-state index in [-0.39, 0.29) is 17.9 Å². The fourth-order valence-electron chi connectivity index (χ4n) is 3.65. The van der Waals surface area contributed by atoms with Crippen LogP contribution in [0.3, 0.4) is 0 Å². The molecule has 4 nitrogen and oxygen atoms in total. The maximum absolute atomic E-state index is 12.6. The van der Waals surface area contributed by atoms with Gasteiger partial charge in [-0.05, 0) is 69.7 Å². The van der Waals surface area contributed by atoms with Crippen LogP contribution in [0.25, 0.3) is 0 Å². The molecule has 0 spiro atoms. The van der Waals surface area contributed by atoms with Crippen molar-refractivity contribution in [3.05, 3.63) is 29.8 Å². The topological polar surface area (TPSA) is 49.8 Å². The van der Waals surface area contributed by atoms with E-state index in [9.17, 15) is 9.90 Å². The van der Waals surface area contributed by atoms with Crippen molar-refractivity contribution < 1.29 is 14.6 Å². The molecular formula is C19H27NO3. The van der Waals surface area contributed by atoms with E-state index in [0.29, 0.717) is 18.2 Å². The summed E-state index contributed by atoms with van der Waals surface area (Å²) in [5.41, 5.74) is 0.704. The maximum atomic E-state index is 12.6. The standard InChI is InChI=1S/C19H27NO3/c1-14(21)16-5-4-12-20(13-16)19(22)15-8-10-18(11-9-15)23-17-6-2-3-7-17/h8-11,14,16-17,21H,2-7,12-13H2,1H3. The molecule has 1 saturated carbocycles. The molecule has 2 unspecified atom stereocenters. The summed E-state index contributed by atoms with van der Waals surface area (Å²) in [6.45, 7) is 3.24. The van der Waals surface area contributed by atoms with Crippen LogP contribution in [0, 0.1) is 5.92 Å². The number of aliphatic hydroxyl groups is 1. The van der Waals surface area contributed by atoms with Crippen molar-refractivity contribution >= 4 is 5.91 Å². The van der Waals surface area contributed by atoms with Gasteiger partial charge in [0.2, 0.25) is 0 Å². The molecule has 1 heterocycles. The lowest BCUT2D eigenvalue weighted by atomic mass is 9.93. The van der Waals surface area contributed by atoms with E-state index in [1.165, 1.54) is 12.8 Å². The number of hydrogen-bond donors (Lipinski definition) is 1. The number of carbonyl (C=O) groups excluding carboxylic acids is 1. The van der Waals surface area contributed by atoms with Crippen molar-refractivity contribution in [3.8, 4) is 5.75 Å². The Labute approximate surface area is 138 Å². The van der Waals surface area contributed by atoms with Crippen molar-refractivity contribution in [3.63, 3.8) is 0 Å². The van der Waals surface area contributed by atoms with Gasteiger partial charge in [0, 0.05) is 24.6 Å². The zero-order valence-corrected chi connectivity index (χ0v) is 13.9. The summed E-state index contributed by atoms with van der Waals surface area (Å²) >= 11 is 0. The minimum atomic E-state index is -0.354. The number of piperidine rings is 1. The van der Waals surface area contributed by atoms with Gasteiger partial charge in [0.1, 0.15) is 5.75 Å². The van der Waals surface area contributed by atoms with Crippen LogP contribution in [-0.2, 0) is 0 Å². The van der Waals surface area contributed by atoms with Crippen LogP contribution in [0.15, 0.2) is 24.3 Å². The lowest BCUT2D eigenvalue weighted by Crippen LogP contribution is -2.42. The highest BCUT2D eigenvalue weighted by Crippen LogP contribution is 2.25. The number of ether oxygens (including phenoxy) is 1. The second-order valence-corrected chi connectivity index (χ2v) is 6.94. The number of likely N-dealkylation sites (tertiary alicyclic amines) is 1. The van der Waals surface area contributed by atoms with E-state index in [4.69, 9.17) is 4.74 Å². The van der Waals surface area contributed by atoms with Gasteiger partial charge >= 0.3 is 0 Å². The molecule has 0 aromatic heterocycles. The first kappa shape index (κ1) is 16.3. The van der Waals surface area contributed by atoms with Crippen LogP contribution in [0.4, 0.5) is 0 Å². The highest BCUT2D eigenvalue weighted by atomic mass is 16.5. The molecule has 1 saturated heterocycles. The van der Waals surface area contributed by atoms with E-state index in [2.05, 4.69) is 0 Å². The summed E-state index contributed by atoms with van der Waals surface area (Å²) in [4.78, 5) is 14.5. The SMILES string of the molecule is CC(O)C1CCCN(C(=O)c2ccc(OC3CCCC3)cc2)C1. The van der Waals surface area contributed by atoms with Gasteiger partial charge in [0.15, 0.2) is 0 Å². The molecule has 1 aromatic rings. The Bertz CT molecular complexity index is 520. The van der Waals surface area contributed by atoms with Gasteiger partial charge in [-0.25, -0.2) is 0 Å². The van der Waals surface area contributed by atoms with Gasteiger partial charge < -0.3 is 14.7 Å². The molecule has 1 aliphatic heterocycles. The van der Waals surface area contributed by atoms with Crippen molar-refractivity contribution in [2.24, 2.45) is 5.92 Å². The molecule has 3 rings (SSSR count). The molecular weight excluding hydrogens is 290 g/mol. The number of amides is 1. The fourth-order valence-corrected chi connectivity index (χ4v) is 3.65. The van der Waals surface area contributed by atoms with Crippen molar-refractivity contribution in [2.75, 3.05) is 13.1 Å². The quantitative estimate of drug-likeness (QED) is 0.927. The first-order valence-electron chi connectivity index (χ1n) is 8.87. The second-order valence-electron chi connectivity index (χ2n) is 6.94. The number of rotatable bonds is 4. The van der Waals surface area contributed by atoms with Gasteiger partial charge in [0.25, 0.3) is 5.91 Å². The molecule has 2 atom stereocenters. The predicted molar refractivity (Wildman–Crippen MR) is 89.6 cm³/mol. The molecule has 126 valence electrons. The molecule has 4 heteroatoms. The fraction of sp³-hybridized carbons (Fsp3) is 0.632. The zero-order chi connectivity index (χ0) is 16.2. The Morgan fingerprint density at radius 1 is 1.17 bits per heavy atom. The van der Waals surface area contributed by atoms with Crippen LogP contribution >= 0.6 is 0 Å². The summed E-state index contributed by atoms with van der Waals surface area (Å²) in [7, 11) is 0. The molecule has 2 aliphatic rings. The van der Waals surface area contributed by atoms with E-state index in [0.717, 1.165) is 38.0 Å². The third kappa shape index (κ3) is 4.05. The third-order valence-corrected chi connectivity index (χ3v) is 5.13. The average molecular weight is 317 g/mol. The largest absolute Gasteiger partial charge is 0.490 e.